The molecule has 2 aromatic rings. The Morgan fingerprint density at radius 2 is 1.92 bits per heavy atom. The molecule has 1 fully saturated rings. The van der Waals surface area contributed by atoms with Gasteiger partial charge in [0, 0.05) is 12.2 Å². The number of anilines is 1. The molecule has 2 heterocycles. The van der Waals surface area contributed by atoms with E-state index < -0.39 is 4.92 Å². The molecule has 0 atom stereocenters. The minimum absolute atomic E-state index is 0.0603. The summed E-state index contributed by atoms with van der Waals surface area (Å²) in [6.45, 7) is 4.75. The Hall–Kier alpha value is -2.74. The molecular weight excluding hydrogens is 334 g/mol. The lowest BCUT2D eigenvalue weighted by Gasteiger charge is -2.26. The molecule has 3 rings (SSSR count). The zero-order valence-corrected chi connectivity index (χ0v) is 14.9. The maximum absolute atomic E-state index is 12.2. The number of nitro groups is 1. The molecule has 0 aliphatic carbocycles. The van der Waals surface area contributed by atoms with E-state index in [9.17, 15) is 14.9 Å². The standard InChI is InChI=1S/C18H23N5O3/c1-14-17(23(25)26)11-19-22(14)13-18(24)20-16-7-5-15(6-8-16)12-21-9-3-2-4-10-21/h5-8,11H,2-4,9-10,12-13H2,1H3,(H,20,24). The van der Waals surface area contributed by atoms with Gasteiger partial charge in [0.1, 0.15) is 18.4 Å². The molecule has 0 radical (unpaired) electrons. The predicted octanol–water partition coefficient (Wildman–Crippen LogP) is 2.72. The Morgan fingerprint density at radius 3 is 2.54 bits per heavy atom. The van der Waals surface area contributed by atoms with Crippen LogP contribution in [-0.2, 0) is 17.9 Å². The van der Waals surface area contributed by atoms with Crippen molar-refractivity contribution in [2.24, 2.45) is 0 Å². The number of aromatic nitrogens is 2. The van der Waals surface area contributed by atoms with Crippen molar-refractivity contribution in [2.45, 2.75) is 39.3 Å². The lowest BCUT2D eigenvalue weighted by atomic mass is 10.1. The molecule has 26 heavy (non-hydrogen) atoms. The van der Waals surface area contributed by atoms with Crippen LogP contribution in [0.4, 0.5) is 11.4 Å². The molecule has 0 bridgehead atoms. The third-order valence-electron chi connectivity index (χ3n) is 4.66. The number of amides is 1. The second kappa shape index (κ2) is 8.09. The van der Waals surface area contributed by atoms with E-state index in [4.69, 9.17) is 0 Å². The van der Waals surface area contributed by atoms with Gasteiger partial charge in [-0.1, -0.05) is 18.6 Å². The van der Waals surface area contributed by atoms with Gasteiger partial charge in [-0.05, 0) is 50.6 Å². The van der Waals surface area contributed by atoms with Gasteiger partial charge < -0.3 is 5.32 Å². The molecule has 8 heteroatoms. The second-order valence-corrected chi connectivity index (χ2v) is 6.61. The third-order valence-corrected chi connectivity index (χ3v) is 4.66. The van der Waals surface area contributed by atoms with Crippen LogP contribution in [0, 0.1) is 17.0 Å². The fourth-order valence-electron chi connectivity index (χ4n) is 3.18. The molecule has 1 aliphatic heterocycles. The number of carbonyl (C=O) groups is 1. The van der Waals surface area contributed by atoms with Crippen molar-refractivity contribution >= 4 is 17.3 Å². The average molecular weight is 357 g/mol. The quantitative estimate of drug-likeness (QED) is 0.634. The number of benzene rings is 1. The smallest absolute Gasteiger partial charge is 0.309 e. The van der Waals surface area contributed by atoms with Gasteiger partial charge in [-0.25, -0.2) is 0 Å². The maximum atomic E-state index is 12.2. The van der Waals surface area contributed by atoms with Gasteiger partial charge in [-0.15, -0.1) is 0 Å². The van der Waals surface area contributed by atoms with E-state index >= 15 is 0 Å². The van der Waals surface area contributed by atoms with E-state index in [1.807, 2.05) is 24.3 Å². The SMILES string of the molecule is Cc1c([N+](=O)[O-])cnn1CC(=O)Nc1ccc(CN2CCCCC2)cc1. The van der Waals surface area contributed by atoms with E-state index in [1.165, 1.54) is 29.5 Å². The van der Waals surface area contributed by atoms with Crippen molar-refractivity contribution in [3.8, 4) is 0 Å². The van der Waals surface area contributed by atoms with Gasteiger partial charge in [0.05, 0.1) is 4.92 Å². The van der Waals surface area contributed by atoms with E-state index in [1.54, 1.807) is 6.92 Å². The Kier molecular flexibility index (Phi) is 5.62. The number of hydrogen-bond acceptors (Lipinski definition) is 5. The number of piperidine rings is 1. The van der Waals surface area contributed by atoms with Crippen molar-refractivity contribution < 1.29 is 9.72 Å². The van der Waals surface area contributed by atoms with Crippen molar-refractivity contribution in [1.82, 2.24) is 14.7 Å². The van der Waals surface area contributed by atoms with Crippen LogP contribution in [0.3, 0.4) is 0 Å². The lowest BCUT2D eigenvalue weighted by Crippen LogP contribution is -2.29. The largest absolute Gasteiger partial charge is 0.324 e. The highest BCUT2D eigenvalue weighted by atomic mass is 16.6. The van der Waals surface area contributed by atoms with Crippen molar-refractivity contribution in [3.05, 3.63) is 51.8 Å². The summed E-state index contributed by atoms with van der Waals surface area (Å²) in [6.07, 6.45) is 5.01. The molecule has 0 spiro atoms. The highest BCUT2D eigenvalue weighted by molar-refractivity contribution is 5.90. The molecular formula is C18H23N5O3. The van der Waals surface area contributed by atoms with E-state index in [0.717, 1.165) is 25.8 Å². The fraction of sp³-hybridized carbons (Fsp3) is 0.444. The summed E-state index contributed by atoms with van der Waals surface area (Å²) in [7, 11) is 0. The second-order valence-electron chi connectivity index (χ2n) is 6.61. The molecule has 138 valence electrons. The zero-order chi connectivity index (χ0) is 18.5. The Bertz CT molecular complexity index is 779. The van der Waals surface area contributed by atoms with Crippen LogP contribution < -0.4 is 5.32 Å². The van der Waals surface area contributed by atoms with Gasteiger partial charge in [0.2, 0.25) is 5.91 Å². The average Bonchev–Trinajstić information content (AvgIpc) is 2.98. The van der Waals surface area contributed by atoms with Gasteiger partial charge in [0.25, 0.3) is 0 Å². The molecule has 1 N–H and O–H groups in total. The number of nitrogens with one attached hydrogen (secondary N) is 1. The number of carbonyl (C=O) groups excluding carboxylic acids is 1. The summed E-state index contributed by atoms with van der Waals surface area (Å²) in [6, 6.07) is 7.81. The monoisotopic (exact) mass is 357 g/mol. The first-order chi connectivity index (χ1) is 12.5. The molecule has 8 nitrogen and oxygen atoms in total. The Balaban J connectivity index is 1.55. The first-order valence-electron chi connectivity index (χ1n) is 8.81. The van der Waals surface area contributed by atoms with Crippen LogP contribution in [0.15, 0.2) is 30.5 Å². The fourth-order valence-corrected chi connectivity index (χ4v) is 3.18. The van der Waals surface area contributed by atoms with Gasteiger partial charge in [0.15, 0.2) is 0 Å². The highest BCUT2D eigenvalue weighted by Crippen LogP contribution is 2.17. The maximum Gasteiger partial charge on any atom is 0.309 e. The molecule has 1 aromatic heterocycles. The van der Waals surface area contributed by atoms with Gasteiger partial charge in [-0.3, -0.25) is 24.5 Å². The van der Waals surface area contributed by atoms with Crippen molar-refractivity contribution in [2.75, 3.05) is 18.4 Å². The molecule has 0 saturated carbocycles. The summed E-state index contributed by atoms with van der Waals surface area (Å²) in [5.41, 5.74) is 2.21. The normalized spacial score (nSPS) is 15.0. The Labute approximate surface area is 151 Å². The molecule has 1 amide bonds. The first-order valence-corrected chi connectivity index (χ1v) is 8.81. The summed E-state index contributed by atoms with van der Waals surface area (Å²) >= 11 is 0. The summed E-state index contributed by atoms with van der Waals surface area (Å²) in [4.78, 5) is 24.9. The first kappa shape index (κ1) is 18.1. The Morgan fingerprint density at radius 1 is 1.23 bits per heavy atom. The highest BCUT2D eigenvalue weighted by Gasteiger charge is 2.18. The van der Waals surface area contributed by atoms with Gasteiger partial charge in [-0.2, -0.15) is 5.10 Å². The topological polar surface area (TPSA) is 93.3 Å². The number of likely N-dealkylation sites (tertiary alicyclic amines) is 1. The van der Waals surface area contributed by atoms with E-state index in [2.05, 4.69) is 15.3 Å². The minimum atomic E-state index is -0.502. The van der Waals surface area contributed by atoms with Crippen LogP contribution in [0.25, 0.3) is 0 Å². The van der Waals surface area contributed by atoms with Crippen LogP contribution in [0.2, 0.25) is 0 Å². The summed E-state index contributed by atoms with van der Waals surface area (Å²) in [5.74, 6) is -0.269. The predicted molar refractivity (Wildman–Crippen MR) is 97.8 cm³/mol. The van der Waals surface area contributed by atoms with Crippen LogP contribution in [0.1, 0.15) is 30.5 Å². The molecule has 0 unspecified atom stereocenters. The zero-order valence-electron chi connectivity index (χ0n) is 14.9. The molecule has 1 aliphatic rings. The van der Waals surface area contributed by atoms with E-state index in [-0.39, 0.29) is 18.1 Å². The number of nitrogens with zero attached hydrogens (tertiary/aromatic N) is 4. The minimum Gasteiger partial charge on any atom is -0.324 e. The number of hydrogen-bond donors (Lipinski definition) is 1. The summed E-state index contributed by atoms with van der Waals surface area (Å²) < 4.78 is 1.33. The molecule has 1 aromatic carbocycles. The number of rotatable bonds is 6. The third kappa shape index (κ3) is 4.45. The van der Waals surface area contributed by atoms with Crippen LogP contribution in [0.5, 0.6) is 0 Å². The molecule has 1 saturated heterocycles. The van der Waals surface area contributed by atoms with Crippen molar-refractivity contribution in [1.29, 1.82) is 0 Å². The lowest BCUT2D eigenvalue weighted by molar-refractivity contribution is -0.385. The van der Waals surface area contributed by atoms with Crippen molar-refractivity contribution in [3.63, 3.8) is 0 Å². The van der Waals surface area contributed by atoms with E-state index in [0.29, 0.717) is 11.4 Å². The van der Waals surface area contributed by atoms with Gasteiger partial charge >= 0.3 is 5.69 Å². The van der Waals surface area contributed by atoms with Crippen LogP contribution >= 0.6 is 0 Å². The van der Waals surface area contributed by atoms with Crippen LogP contribution in [-0.4, -0.2) is 38.6 Å². The summed E-state index contributed by atoms with van der Waals surface area (Å²) in [5, 5.41) is 17.5.